The number of nitrogens with zero attached hydrogens (tertiary/aromatic N) is 1. The molecule has 0 aliphatic carbocycles. The van der Waals surface area contributed by atoms with E-state index >= 15 is 0 Å². The summed E-state index contributed by atoms with van der Waals surface area (Å²) in [4.78, 5) is 14.8. The fraction of sp³-hybridized carbons (Fsp3) is 0.556. The molecule has 1 rings (SSSR count). The summed E-state index contributed by atoms with van der Waals surface area (Å²) >= 11 is 1.09. The number of thiazole rings is 1. The molecular formula is C9H14N2O4S. The van der Waals surface area contributed by atoms with Crippen molar-refractivity contribution in [2.75, 3.05) is 32.7 Å². The number of carboxylic acid groups (broad SMARTS) is 1. The first-order valence-electron chi connectivity index (χ1n) is 4.62. The molecular weight excluding hydrogens is 232 g/mol. The predicted octanol–water partition coefficient (Wildman–Crippen LogP) is 0.915. The molecule has 1 heterocycles. The van der Waals surface area contributed by atoms with Crippen molar-refractivity contribution in [1.29, 1.82) is 0 Å². The highest BCUT2D eigenvalue weighted by Gasteiger charge is 2.10. The maximum atomic E-state index is 10.6. The molecule has 16 heavy (non-hydrogen) atoms. The molecule has 0 amide bonds. The predicted molar refractivity (Wildman–Crippen MR) is 60.2 cm³/mol. The second-order valence-corrected chi connectivity index (χ2v) is 4.06. The summed E-state index contributed by atoms with van der Waals surface area (Å²) in [6.45, 7) is 0.998. The molecule has 0 aliphatic rings. The van der Waals surface area contributed by atoms with E-state index in [4.69, 9.17) is 14.6 Å². The van der Waals surface area contributed by atoms with Gasteiger partial charge in [0.05, 0.1) is 18.9 Å². The summed E-state index contributed by atoms with van der Waals surface area (Å²) < 4.78 is 10.1. The van der Waals surface area contributed by atoms with Gasteiger partial charge in [-0.05, 0) is 0 Å². The first kappa shape index (κ1) is 12.9. The molecule has 0 saturated carbocycles. The minimum atomic E-state index is -0.967. The van der Waals surface area contributed by atoms with Crippen LogP contribution in [0.3, 0.4) is 0 Å². The van der Waals surface area contributed by atoms with Crippen molar-refractivity contribution in [2.45, 2.75) is 6.10 Å². The SMILES string of the molecule is COCC(CNc1ncc(C(=O)O)s1)OC. The lowest BCUT2D eigenvalue weighted by atomic mass is 10.4. The molecule has 1 aromatic heterocycles. The van der Waals surface area contributed by atoms with E-state index in [2.05, 4.69) is 10.3 Å². The Morgan fingerprint density at radius 3 is 2.94 bits per heavy atom. The number of rotatable bonds is 7. The van der Waals surface area contributed by atoms with Crippen LogP contribution in [-0.2, 0) is 9.47 Å². The highest BCUT2D eigenvalue weighted by atomic mass is 32.1. The van der Waals surface area contributed by atoms with Crippen molar-refractivity contribution >= 4 is 22.4 Å². The average Bonchev–Trinajstić information content (AvgIpc) is 2.73. The molecule has 1 unspecified atom stereocenters. The van der Waals surface area contributed by atoms with Gasteiger partial charge >= 0.3 is 5.97 Å². The van der Waals surface area contributed by atoms with E-state index in [1.165, 1.54) is 6.20 Å². The maximum Gasteiger partial charge on any atom is 0.347 e. The van der Waals surface area contributed by atoms with Crippen molar-refractivity contribution in [1.82, 2.24) is 4.98 Å². The van der Waals surface area contributed by atoms with Gasteiger partial charge in [-0.15, -0.1) is 0 Å². The quantitative estimate of drug-likeness (QED) is 0.744. The third-order valence-corrected chi connectivity index (χ3v) is 2.83. The van der Waals surface area contributed by atoms with Crippen LogP contribution >= 0.6 is 11.3 Å². The van der Waals surface area contributed by atoms with Crippen LogP contribution in [0, 0.1) is 0 Å². The number of nitrogens with one attached hydrogen (secondary N) is 1. The summed E-state index contributed by atoms with van der Waals surface area (Å²) in [7, 11) is 3.19. The van der Waals surface area contributed by atoms with Crippen LogP contribution in [0.4, 0.5) is 5.13 Å². The number of aromatic carboxylic acids is 1. The number of carboxylic acids is 1. The van der Waals surface area contributed by atoms with Gasteiger partial charge in [-0.25, -0.2) is 9.78 Å². The molecule has 0 aliphatic heterocycles. The molecule has 0 aromatic carbocycles. The molecule has 0 fully saturated rings. The Kier molecular flexibility index (Phi) is 5.17. The normalized spacial score (nSPS) is 12.4. The number of hydrogen-bond donors (Lipinski definition) is 2. The number of aromatic nitrogens is 1. The largest absolute Gasteiger partial charge is 0.477 e. The number of hydrogen-bond acceptors (Lipinski definition) is 6. The highest BCUT2D eigenvalue weighted by molar-refractivity contribution is 7.17. The van der Waals surface area contributed by atoms with E-state index in [0.29, 0.717) is 18.3 Å². The van der Waals surface area contributed by atoms with Gasteiger partial charge in [0.2, 0.25) is 0 Å². The second kappa shape index (κ2) is 6.41. The van der Waals surface area contributed by atoms with Gasteiger partial charge in [0.25, 0.3) is 0 Å². The van der Waals surface area contributed by atoms with Gasteiger partial charge in [-0.1, -0.05) is 11.3 Å². The number of methoxy groups -OCH3 is 2. The first-order valence-corrected chi connectivity index (χ1v) is 5.43. The Hall–Kier alpha value is -1.18. The third-order valence-electron chi connectivity index (χ3n) is 1.88. The Labute approximate surface area is 97.2 Å². The van der Waals surface area contributed by atoms with Crippen LogP contribution in [0.15, 0.2) is 6.20 Å². The lowest BCUT2D eigenvalue weighted by Crippen LogP contribution is -2.26. The van der Waals surface area contributed by atoms with Crippen LogP contribution in [0.1, 0.15) is 9.67 Å². The summed E-state index contributed by atoms with van der Waals surface area (Å²) in [5, 5.41) is 12.3. The second-order valence-electron chi connectivity index (χ2n) is 3.03. The van der Waals surface area contributed by atoms with E-state index < -0.39 is 5.97 Å². The molecule has 7 heteroatoms. The standard InChI is InChI=1S/C9H14N2O4S/c1-14-5-6(15-2)3-10-9-11-4-7(16-9)8(12)13/h4,6H,3,5H2,1-2H3,(H,10,11)(H,12,13). The van der Waals surface area contributed by atoms with Crippen LogP contribution in [0.25, 0.3) is 0 Å². The Balaban J connectivity index is 2.44. The van der Waals surface area contributed by atoms with Crippen LogP contribution in [0.2, 0.25) is 0 Å². The monoisotopic (exact) mass is 246 g/mol. The molecule has 2 N–H and O–H groups in total. The molecule has 0 spiro atoms. The number of ether oxygens (including phenoxy) is 2. The third kappa shape index (κ3) is 3.76. The topological polar surface area (TPSA) is 80.7 Å². The molecule has 0 radical (unpaired) electrons. The number of anilines is 1. The summed E-state index contributed by atoms with van der Waals surface area (Å²) in [5.74, 6) is -0.967. The Morgan fingerprint density at radius 1 is 1.69 bits per heavy atom. The minimum absolute atomic E-state index is 0.0813. The van der Waals surface area contributed by atoms with Gasteiger partial charge in [0, 0.05) is 20.8 Å². The molecule has 1 aromatic rings. The highest BCUT2D eigenvalue weighted by Crippen LogP contribution is 2.17. The number of carbonyl (C=O) groups is 1. The molecule has 6 nitrogen and oxygen atoms in total. The molecule has 1 atom stereocenters. The fourth-order valence-electron chi connectivity index (χ4n) is 1.05. The summed E-state index contributed by atoms with van der Waals surface area (Å²) in [5.41, 5.74) is 0. The van der Waals surface area contributed by atoms with Gasteiger partial charge in [0.15, 0.2) is 5.13 Å². The summed E-state index contributed by atoms with van der Waals surface area (Å²) in [6.07, 6.45) is 1.25. The van der Waals surface area contributed by atoms with Crippen molar-refractivity contribution in [3.63, 3.8) is 0 Å². The van der Waals surface area contributed by atoms with E-state index in [-0.39, 0.29) is 11.0 Å². The van der Waals surface area contributed by atoms with Crippen molar-refractivity contribution in [3.05, 3.63) is 11.1 Å². The van der Waals surface area contributed by atoms with Gasteiger partial charge < -0.3 is 19.9 Å². The Morgan fingerprint density at radius 2 is 2.44 bits per heavy atom. The average molecular weight is 246 g/mol. The Bertz CT molecular complexity index is 342. The van der Waals surface area contributed by atoms with Gasteiger partial charge in [-0.2, -0.15) is 0 Å². The molecule has 90 valence electrons. The maximum absolute atomic E-state index is 10.6. The van der Waals surface area contributed by atoms with E-state index in [9.17, 15) is 4.79 Å². The lowest BCUT2D eigenvalue weighted by Gasteiger charge is -2.14. The smallest absolute Gasteiger partial charge is 0.347 e. The molecule has 0 bridgehead atoms. The van der Waals surface area contributed by atoms with E-state index in [0.717, 1.165) is 11.3 Å². The van der Waals surface area contributed by atoms with Gasteiger partial charge in [-0.3, -0.25) is 0 Å². The van der Waals surface area contributed by atoms with E-state index in [1.807, 2.05) is 0 Å². The zero-order valence-electron chi connectivity index (χ0n) is 9.10. The minimum Gasteiger partial charge on any atom is -0.477 e. The fourth-order valence-corrected chi connectivity index (χ4v) is 1.71. The van der Waals surface area contributed by atoms with E-state index in [1.54, 1.807) is 14.2 Å². The van der Waals surface area contributed by atoms with Crippen molar-refractivity contribution in [2.24, 2.45) is 0 Å². The lowest BCUT2D eigenvalue weighted by molar-refractivity contribution is 0.0365. The van der Waals surface area contributed by atoms with Crippen LogP contribution < -0.4 is 5.32 Å². The zero-order chi connectivity index (χ0) is 12.0. The van der Waals surface area contributed by atoms with Crippen LogP contribution in [0.5, 0.6) is 0 Å². The van der Waals surface area contributed by atoms with Gasteiger partial charge in [0.1, 0.15) is 4.88 Å². The van der Waals surface area contributed by atoms with Crippen molar-refractivity contribution < 1.29 is 19.4 Å². The van der Waals surface area contributed by atoms with Crippen molar-refractivity contribution in [3.8, 4) is 0 Å². The molecule has 0 saturated heterocycles. The zero-order valence-corrected chi connectivity index (χ0v) is 9.91. The summed E-state index contributed by atoms with van der Waals surface area (Å²) in [6, 6.07) is 0. The van der Waals surface area contributed by atoms with Crippen LogP contribution in [-0.4, -0.2) is 49.5 Å². The first-order chi connectivity index (χ1) is 7.67.